The summed E-state index contributed by atoms with van der Waals surface area (Å²) in [6.45, 7) is 2.62. The quantitative estimate of drug-likeness (QED) is 0.697. The molecule has 29 heavy (non-hydrogen) atoms. The molecular weight excluding hydrogens is 368 g/mol. The van der Waals surface area contributed by atoms with E-state index in [1.54, 1.807) is 23.1 Å². The van der Waals surface area contributed by atoms with Crippen molar-refractivity contribution in [3.05, 3.63) is 76.9 Å². The van der Waals surface area contributed by atoms with Crippen LogP contribution in [-0.4, -0.2) is 28.5 Å². The molecule has 148 valence electrons. The standard InChI is InChI=1S/C22H22N4O3/c1-2-14-6-8-18(9-7-14)26-13-17(12-20(26)27)22-24-19(25-29-22)11-15-4-3-5-16(10-15)21(23)28/h3-10,17H,2,11-13H2,1H3,(H2,23,28). The summed E-state index contributed by atoms with van der Waals surface area (Å²) >= 11 is 0. The van der Waals surface area contributed by atoms with Crippen LogP contribution >= 0.6 is 0 Å². The topological polar surface area (TPSA) is 102 Å². The van der Waals surface area contributed by atoms with Crippen molar-refractivity contribution in [1.82, 2.24) is 10.1 Å². The second-order valence-electron chi connectivity index (χ2n) is 7.22. The maximum atomic E-state index is 12.5. The van der Waals surface area contributed by atoms with Crippen molar-refractivity contribution in [2.75, 3.05) is 11.4 Å². The van der Waals surface area contributed by atoms with Gasteiger partial charge in [-0.3, -0.25) is 9.59 Å². The molecule has 1 unspecified atom stereocenters. The molecule has 3 aromatic rings. The van der Waals surface area contributed by atoms with Crippen LogP contribution < -0.4 is 10.6 Å². The highest BCUT2D eigenvalue weighted by molar-refractivity contribution is 5.96. The Kier molecular flexibility index (Phi) is 5.12. The van der Waals surface area contributed by atoms with Gasteiger partial charge in [0.15, 0.2) is 5.82 Å². The van der Waals surface area contributed by atoms with Gasteiger partial charge in [-0.2, -0.15) is 4.98 Å². The van der Waals surface area contributed by atoms with Crippen LogP contribution in [0.2, 0.25) is 0 Å². The summed E-state index contributed by atoms with van der Waals surface area (Å²) < 4.78 is 5.44. The van der Waals surface area contributed by atoms with Crippen molar-refractivity contribution < 1.29 is 14.1 Å². The van der Waals surface area contributed by atoms with E-state index < -0.39 is 5.91 Å². The number of primary amides is 1. The number of carbonyl (C=O) groups excluding carboxylic acids is 2. The van der Waals surface area contributed by atoms with Crippen molar-refractivity contribution in [3.63, 3.8) is 0 Å². The molecule has 0 bridgehead atoms. The molecule has 1 aliphatic rings. The number of benzene rings is 2. The lowest BCUT2D eigenvalue weighted by Gasteiger charge is -2.16. The number of anilines is 1. The molecule has 1 aliphatic heterocycles. The van der Waals surface area contributed by atoms with Gasteiger partial charge in [-0.1, -0.05) is 36.3 Å². The Hall–Kier alpha value is -3.48. The maximum absolute atomic E-state index is 12.5. The van der Waals surface area contributed by atoms with Crippen LogP contribution in [0.3, 0.4) is 0 Å². The number of aromatic nitrogens is 2. The van der Waals surface area contributed by atoms with Crippen LogP contribution in [0, 0.1) is 0 Å². The van der Waals surface area contributed by atoms with Crippen LogP contribution in [0.4, 0.5) is 5.69 Å². The van der Waals surface area contributed by atoms with Crippen molar-refractivity contribution in [2.45, 2.75) is 32.1 Å². The second-order valence-corrected chi connectivity index (χ2v) is 7.22. The monoisotopic (exact) mass is 390 g/mol. The number of amides is 2. The molecule has 7 heteroatoms. The third-order valence-corrected chi connectivity index (χ3v) is 5.19. The van der Waals surface area contributed by atoms with E-state index in [9.17, 15) is 9.59 Å². The number of hydrogen-bond donors (Lipinski definition) is 1. The Labute approximate surface area is 168 Å². The summed E-state index contributed by atoms with van der Waals surface area (Å²) in [6, 6.07) is 15.1. The molecule has 2 aromatic carbocycles. The lowest BCUT2D eigenvalue weighted by atomic mass is 10.1. The molecule has 7 nitrogen and oxygen atoms in total. The van der Waals surface area contributed by atoms with E-state index >= 15 is 0 Å². The summed E-state index contributed by atoms with van der Waals surface area (Å²) in [7, 11) is 0. The zero-order valence-corrected chi connectivity index (χ0v) is 16.2. The van der Waals surface area contributed by atoms with Crippen LogP contribution in [0.1, 0.15) is 52.5 Å². The zero-order valence-electron chi connectivity index (χ0n) is 16.2. The van der Waals surface area contributed by atoms with Gasteiger partial charge in [-0.15, -0.1) is 0 Å². The Morgan fingerprint density at radius 1 is 1.21 bits per heavy atom. The van der Waals surface area contributed by atoms with Crippen molar-refractivity contribution in [1.29, 1.82) is 0 Å². The van der Waals surface area contributed by atoms with Crippen LogP contribution in [0.25, 0.3) is 0 Å². The van der Waals surface area contributed by atoms with Crippen molar-refractivity contribution in [3.8, 4) is 0 Å². The van der Waals surface area contributed by atoms with Crippen LogP contribution in [-0.2, 0) is 17.6 Å². The lowest BCUT2D eigenvalue weighted by molar-refractivity contribution is -0.117. The summed E-state index contributed by atoms with van der Waals surface area (Å²) in [5.41, 5.74) is 8.76. The molecule has 2 amide bonds. The molecule has 2 N–H and O–H groups in total. The van der Waals surface area contributed by atoms with Gasteiger partial charge in [0.25, 0.3) is 0 Å². The highest BCUT2D eigenvalue weighted by Gasteiger charge is 2.35. The fourth-order valence-electron chi connectivity index (χ4n) is 3.56. The molecule has 0 saturated carbocycles. The van der Waals surface area contributed by atoms with Crippen LogP contribution in [0.15, 0.2) is 53.1 Å². The molecule has 1 aromatic heterocycles. The number of rotatable bonds is 6. The minimum atomic E-state index is -0.475. The molecule has 4 rings (SSSR count). The number of nitrogens with two attached hydrogens (primary N) is 1. The Morgan fingerprint density at radius 2 is 2.00 bits per heavy atom. The molecule has 1 fully saturated rings. The number of aryl methyl sites for hydroxylation is 1. The summed E-state index contributed by atoms with van der Waals surface area (Å²) in [5, 5.41) is 4.04. The Morgan fingerprint density at radius 3 is 2.72 bits per heavy atom. The molecule has 2 heterocycles. The minimum absolute atomic E-state index is 0.0492. The molecular formula is C22H22N4O3. The van der Waals surface area contributed by atoms with Gasteiger partial charge in [0.1, 0.15) is 0 Å². The highest BCUT2D eigenvalue weighted by atomic mass is 16.5. The predicted octanol–water partition coefficient (Wildman–Crippen LogP) is 2.84. The normalized spacial score (nSPS) is 16.4. The third kappa shape index (κ3) is 4.03. The molecule has 0 aliphatic carbocycles. The van der Waals surface area contributed by atoms with Crippen LogP contribution in [0.5, 0.6) is 0 Å². The summed E-state index contributed by atoms with van der Waals surface area (Å²) in [6.07, 6.45) is 1.73. The third-order valence-electron chi connectivity index (χ3n) is 5.19. The van der Waals surface area contributed by atoms with Gasteiger partial charge >= 0.3 is 0 Å². The SMILES string of the molecule is CCc1ccc(N2CC(c3nc(Cc4cccc(C(N)=O)c4)no3)CC2=O)cc1. The first kappa shape index (κ1) is 18.9. The Bertz CT molecular complexity index is 1040. The lowest BCUT2D eigenvalue weighted by Crippen LogP contribution is -2.24. The first-order chi connectivity index (χ1) is 14.0. The number of hydrogen-bond acceptors (Lipinski definition) is 5. The first-order valence-electron chi connectivity index (χ1n) is 9.64. The van der Waals surface area contributed by atoms with Gasteiger partial charge in [-0.25, -0.2) is 0 Å². The minimum Gasteiger partial charge on any atom is -0.366 e. The van der Waals surface area contributed by atoms with E-state index in [2.05, 4.69) is 17.1 Å². The van der Waals surface area contributed by atoms with E-state index in [-0.39, 0.29) is 11.8 Å². The van der Waals surface area contributed by atoms with E-state index in [4.69, 9.17) is 10.3 Å². The first-order valence-corrected chi connectivity index (χ1v) is 9.64. The van der Waals surface area contributed by atoms with E-state index in [1.807, 2.05) is 30.3 Å². The summed E-state index contributed by atoms with van der Waals surface area (Å²) in [4.78, 5) is 30.1. The van der Waals surface area contributed by atoms with Gasteiger partial charge < -0.3 is 15.2 Å². The van der Waals surface area contributed by atoms with Gasteiger partial charge in [-0.05, 0) is 41.8 Å². The van der Waals surface area contributed by atoms with Gasteiger partial charge in [0.2, 0.25) is 17.7 Å². The average Bonchev–Trinajstić information content (AvgIpc) is 3.35. The smallest absolute Gasteiger partial charge is 0.248 e. The van der Waals surface area contributed by atoms with Crippen molar-refractivity contribution in [2.24, 2.45) is 5.73 Å². The molecule has 0 spiro atoms. The zero-order chi connectivity index (χ0) is 20.4. The number of carbonyl (C=O) groups is 2. The highest BCUT2D eigenvalue weighted by Crippen LogP contribution is 2.31. The maximum Gasteiger partial charge on any atom is 0.248 e. The molecule has 0 radical (unpaired) electrons. The van der Waals surface area contributed by atoms with E-state index in [0.717, 1.165) is 17.7 Å². The van der Waals surface area contributed by atoms with E-state index in [0.29, 0.717) is 36.7 Å². The fourth-order valence-corrected chi connectivity index (χ4v) is 3.56. The van der Waals surface area contributed by atoms with Gasteiger partial charge in [0, 0.05) is 30.6 Å². The molecule has 1 atom stereocenters. The Balaban J connectivity index is 1.46. The largest absolute Gasteiger partial charge is 0.366 e. The van der Waals surface area contributed by atoms with Gasteiger partial charge in [0.05, 0.1) is 5.92 Å². The second kappa shape index (κ2) is 7.87. The molecule has 1 saturated heterocycles. The number of nitrogens with zero attached hydrogens (tertiary/aromatic N) is 3. The predicted molar refractivity (Wildman–Crippen MR) is 108 cm³/mol. The van der Waals surface area contributed by atoms with Crippen molar-refractivity contribution >= 4 is 17.5 Å². The average molecular weight is 390 g/mol. The van der Waals surface area contributed by atoms with E-state index in [1.165, 1.54) is 5.56 Å². The summed E-state index contributed by atoms with van der Waals surface area (Å²) in [5.74, 6) is 0.420. The fraction of sp³-hybridized carbons (Fsp3) is 0.273.